The monoisotopic (exact) mass is 278 g/mol. The highest BCUT2D eigenvalue weighted by Crippen LogP contribution is 2.53. The van der Waals surface area contributed by atoms with Crippen molar-refractivity contribution in [3.8, 4) is 0 Å². The Morgan fingerprint density at radius 2 is 1.90 bits per heavy atom. The molecule has 2 saturated carbocycles. The number of rotatable bonds is 2. The van der Waals surface area contributed by atoms with Crippen LogP contribution in [0.15, 0.2) is 0 Å². The van der Waals surface area contributed by atoms with Gasteiger partial charge in [-0.1, -0.05) is 27.2 Å². The Balaban J connectivity index is 1.71. The number of nitrogens with zero attached hydrogens (tertiary/aromatic N) is 1. The van der Waals surface area contributed by atoms with Gasteiger partial charge in [-0.25, -0.2) is 0 Å². The van der Waals surface area contributed by atoms with Crippen LogP contribution in [-0.2, 0) is 0 Å². The number of nitrogens with two attached hydrogens (primary N) is 1. The second-order valence-corrected chi connectivity index (χ2v) is 8.87. The number of hydrogen-bond donors (Lipinski definition) is 1. The van der Waals surface area contributed by atoms with E-state index in [-0.39, 0.29) is 0 Å². The third-order valence-corrected chi connectivity index (χ3v) is 6.88. The summed E-state index contributed by atoms with van der Waals surface area (Å²) in [6, 6.07) is 0. The van der Waals surface area contributed by atoms with Gasteiger partial charge in [0.1, 0.15) is 0 Å². The van der Waals surface area contributed by atoms with Gasteiger partial charge in [-0.05, 0) is 74.8 Å². The van der Waals surface area contributed by atoms with Crippen LogP contribution in [0.4, 0.5) is 0 Å². The molecule has 3 fully saturated rings. The van der Waals surface area contributed by atoms with Crippen LogP contribution in [0.2, 0.25) is 0 Å². The van der Waals surface area contributed by atoms with Crippen molar-refractivity contribution in [2.75, 3.05) is 19.6 Å². The highest BCUT2D eigenvalue weighted by atomic mass is 15.2. The van der Waals surface area contributed by atoms with Gasteiger partial charge < -0.3 is 5.73 Å². The predicted molar refractivity (Wildman–Crippen MR) is 85.6 cm³/mol. The minimum Gasteiger partial charge on any atom is -0.329 e. The predicted octanol–water partition coefficient (Wildman–Crippen LogP) is 3.65. The van der Waals surface area contributed by atoms with E-state index in [9.17, 15) is 0 Å². The van der Waals surface area contributed by atoms with E-state index in [2.05, 4.69) is 25.7 Å². The van der Waals surface area contributed by atoms with Gasteiger partial charge in [0.2, 0.25) is 0 Å². The quantitative estimate of drug-likeness (QED) is 0.835. The standard InChI is InChI=1S/C18H34N2/c1-17(2,3)15-5-4-9-20(10-8-15)18(13-19)12-14-6-7-16(18)11-14/h14-16H,4-13,19H2,1-3H3. The summed E-state index contributed by atoms with van der Waals surface area (Å²) in [7, 11) is 0. The minimum atomic E-state index is 0.385. The van der Waals surface area contributed by atoms with Crippen LogP contribution >= 0.6 is 0 Å². The molecule has 2 N–H and O–H groups in total. The lowest BCUT2D eigenvalue weighted by Crippen LogP contribution is -2.57. The third-order valence-electron chi connectivity index (χ3n) is 6.88. The molecular weight excluding hydrogens is 244 g/mol. The first kappa shape index (κ1) is 14.8. The van der Waals surface area contributed by atoms with Gasteiger partial charge in [0.25, 0.3) is 0 Å². The summed E-state index contributed by atoms with van der Waals surface area (Å²) in [6.07, 6.45) is 9.95. The summed E-state index contributed by atoms with van der Waals surface area (Å²) >= 11 is 0. The first-order valence-electron chi connectivity index (χ1n) is 8.91. The molecule has 20 heavy (non-hydrogen) atoms. The highest BCUT2D eigenvalue weighted by molar-refractivity contribution is 5.08. The Kier molecular flexibility index (Phi) is 3.92. The number of fused-ring (bicyclic) bond motifs is 2. The summed E-state index contributed by atoms with van der Waals surface area (Å²) in [5, 5.41) is 0. The average molecular weight is 278 g/mol. The van der Waals surface area contributed by atoms with E-state index in [1.54, 1.807) is 0 Å². The van der Waals surface area contributed by atoms with Crippen LogP contribution in [0.25, 0.3) is 0 Å². The van der Waals surface area contributed by atoms with Crippen LogP contribution in [0, 0.1) is 23.2 Å². The molecule has 3 rings (SSSR count). The Morgan fingerprint density at radius 1 is 1.10 bits per heavy atom. The molecule has 1 aliphatic heterocycles. The lowest BCUT2D eigenvalue weighted by molar-refractivity contribution is 0.0419. The molecule has 1 saturated heterocycles. The van der Waals surface area contributed by atoms with E-state index >= 15 is 0 Å². The number of likely N-dealkylation sites (tertiary alicyclic amines) is 1. The van der Waals surface area contributed by atoms with Gasteiger partial charge in [-0.3, -0.25) is 4.90 Å². The van der Waals surface area contributed by atoms with Crippen molar-refractivity contribution in [1.82, 2.24) is 4.90 Å². The molecule has 3 aliphatic rings. The van der Waals surface area contributed by atoms with Crippen molar-refractivity contribution >= 4 is 0 Å². The fraction of sp³-hybridized carbons (Fsp3) is 1.00. The third kappa shape index (κ3) is 2.43. The van der Waals surface area contributed by atoms with Crippen LogP contribution in [0.5, 0.6) is 0 Å². The lowest BCUT2D eigenvalue weighted by atomic mass is 9.76. The second kappa shape index (κ2) is 5.28. The van der Waals surface area contributed by atoms with E-state index in [0.29, 0.717) is 11.0 Å². The number of hydrogen-bond acceptors (Lipinski definition) is 2. The average Bonchev–Trinajstić information content (AvgIpc) is 2.89. The Labute approximate surface area is 125 Å². The normalized spacial score (nSPS) is 42.9. The molecule has 0 radical (unpaired) electrons. The van der Waals surface area contributed by atoms with E-state index < -0.39 is 0 Å². The molecule has 116 valence electrons. The molecular formula is C18H34N2. The van der Waals surface area contributed by atoms with E-state index in [1.807, 2.05) is 0 Å². The second-order valence-electron chi connectivity index (χ2n) is 8.87. The molecule has 0 aromatic heterocycles. The Bertz CT molecular complexity index is 346. The van der Waals surface area contributed by atoms with Gasteiger partial charge in [0.05, 0.1) is 0 Å². The molecule has 4 atom stereocenters. The molecule has 2 heteroatoms. The molecule has 0 aromatic rings. The fourth-order valence-electron chi connectivity index (χ4n) is 5.59. The van der Waals surface area contributed by atoms with Crippen LogP contribution in [0.3, 0.4) is 0 Å². The maximum Gasteiger partial charge on any atom is 0.0362 e. The van der Waals surface area contributed by atoms with Crippen molar-refractivity contribution < 1.29 is 0 Å². The van der Waals surface area contributed by atoms with Gasteiger partial charge >= 0.3 is 0 Å². The van der Waals surface area contributed by atoms with Crippen LogP contribution in [-0.4, -0.2) is 30.1 Å². The molecule has 0 spiro atoms. The maximum absolute atomic E-state index is 6.32. The highest BCUT2D eigenvalue weighted by Gasteiger charge is 2.53. The van der Waals surface area contributed by atoms with E-state index in [4.69, 9.17) is 5.73 Å². The molecule has 2 aliphatic carbocycles. The molecule has 4 unspecified atom stereocenters. The van der Waals surface area contributed by atoms with Crippen molar-refractivity contribution in [3.63, 3.8) is 0 Å². The SMILES string of the molecule is CC(C)(C)C1CCCN(C2(CN)CC3CCC2C3)CC1. The largest absolute Gasteiger partial charge is 0.329 e. The van der Waals surface area contributed by atoms with Crippen molar-refractivity contribution in [2.24, 2.45) is 28.9 Å². The van der Waals surface area contributed by atoms with E-state index in [0.717, 1.165) is 24.3 Å². The summed E-state index contributed by atoms with van der Waals surface area (Å²) in [5.41, 5.74) is 7.17. The van der Waals surface area contributed by atoms with Crippen molar-refractivity contribution in [3.05, 3.63) is 0 Å². The van der Waals surface area contributed by atoms with Gasteiger partial charge in [-0.2, -0.15) is 0 Å². The summed E-state index contributed by atoms with van der Waals surface area (Å²) < 4.78 is 0. The van der Waals surface area contributed by atoms with Gasteiger partial charge in [0, 0.05) is 12.1 Å². The minimum absolute atomic E-state index is 0.385. The Hall–Kier alpha value is -0.0800. The molecule has 0 aromatic carbocycles. The summed E-state index contributed by atoms with van der Waals surface area (Å²) in [6.45, 7) is 10.8. The smallest absolute Gasteiger partial charge is 0.0362 e. The zero-order valence-electron chi connectivity index (χ0n) is 13.8. The lowest BCUT2D eigenvalue weighted by Gasteiger charge is -2.46. The van der Waals surface area contributed by atoms with E-state index in [1.165, 1.54) is 58.0 Å². The first-order chi connectivity index (χ1) is 9.45. The zero-order chi connectivity index (χ0) is 14.4. The molecule has 2 nitrogen and oxygen atoms in total. The maximum atomic E-state index is 6.32. The van der Waals surface area contributed by atoms with Crippen molar-refractivity contribution in [2.45, 2.75) is 71.3 Å². The van der Waals surface area contributed by atoms with Gasteiger partial charge in [-0.15, -0.1) is 0 Å². The molecule has 2 bridgehead atoms. The summed E-state index contributed by atoms with van der Waals surface area (Å²) in [5.74, 6) is 2.79. The molecule has 0 amide bonds. The van der Waals surface area contributed by atoms with Gasteiger partial charge in [0.15, 0.2) is 0 Å². The Morgan fingerprint density at radius 3 is 2.45 bits per heavy atom. The first-order valence-corrected chi connectivity index (χ1v) is 8.91. The summed E-state index contributed by atoms with van der Waals surface area (Å²) in [4.78, 5) is 2.84. The van der Waals surface area contributed by atoms with Crippen LogP contribution < -0.4 is 5.73 Å². The van der Waals surface area contributed by atoms with Crippen molar-refractivity contribution in [1.29, 1.82) is 0 Å². The molecule has 1 heterocycles. The fourth-order valence-corrected chi connectivity index (χ4v) is 5.59. The zero-order valence-corrected chi connectivity index (χ0v) is 13.8. The van der Waals surface area contributed by atoms with Crippen LogP contribution in [0.1, 0.15) is 65.7 Å². The topological polar surface area (TPSA) is 29.3 Å².